The van der Waals surface area contributed by atoms with Gasteiger partial charge in [0.2, 0.25) is 0 Å². The summed E-state index contributed by atoms with van der Waals surface area (Å²) in [4.78, 5) is 10.3. The summed E-state index contributed by atoms with van der Waals surface area (Å²) in [6.45, 7) is 0.730. The molecule has 1 fully saturated rings. The molecule has 2 aromatic heterocycles. The predicted molar refractivity (Wildman–Crippen MR) is 64.0 cm³/mol. The molecule has 0 aliphatic carbocycles. The number of aromatic nitrogens is 3. The summed E-state index contributed by atoms with van der Waals surface area (Å²) >= 11 is 0. The van der Waals surface area contributed by atoms with Crippen LogP contribution in [0.4, 0.5) is 19.0 Å². The fourth-order valence-electron chi connectivity index (χ4n) is 2.48. The zero-order valence-corrected chi connectivity index (χ0v) is 10.1. The molecule has 0 amide bonds. The predicted octanol–water partition coefficient (Wildman–Crippen LogP) is 2.51. The van der Waals surface area contributed by atoms with Crippen molar-refractivity contribution >= 4 is 11.5 Å². The highest BCUT2D eigenvalue weighted by atomic mass is 19.4. The Morgan fingerprint density at radius 2 is 1.68 bits per heavy atom. The first-order valence-electron chi connectivity index (χ1n) is 6.15. The van der Waals surface area contributed by atoms with Crippen molar-refractivity contribution in [3.05, 3.63) is 24.8 Å². The molecule has 3 heterocycles. The topological polar surface area (TPSA) is 33.4 Å². The van der Waals surface area contributed by atoms with Crippen LogP contribution in [0.1, 0.15) is 12.8 Å². The van der Waals surface area contributed by atoms with Crippen LogP contribution in [-0.2, 0) is 0 Å². The van der Waals surface area contributed by atoms with Crippen LogP contribution in [0.3, 0.4) is 0 Å². The quantitative estimate of drug-likeness (QED) is 0.798. The smallest absolute Gasteiger partial charge is 0.353 e. The van der Waals surface area contributed by atoms with Crippen molar-refractivity contribution in [3.63, 3.8) is 0 Å². The molecule has 4 nitrogen and oxygen atoms in total. The van der Waals surface area contributed by atoms with Crippen molar-refractivity contribution in [1.29, 1.82) is 0 Å². The van der Waals surface area contributed by atoms with Gasteiger partial charge in [-0.05, 0) is 12.8 Å². The second-order valence-electron chi connectivity index (χ2n) is 4.71. The number of rotatable bonds is 1. The summed E-state index contributed by atoms with van der Waals surface area (Å²) in [6.07, 6.45) is 3.01. The Kier molecular flexibility index (Phi) is 2.83. The average Bonchev–Trinajstić information content (AvgIpc) is 2.86. The molecule has 0 unspecified atom stereocenters. The number of hydrogen-bond donors (Lipinski definition) is 0. The summed E-state index contributed by atoms with van der Waals surface area (Å²) < 4.78 is 39.7. The molecule has 0 spiro atoms. The Morgan fingerprint density at radius 1 is 1.05 bits per heavy atom. The fourth-order valence-corrected chi connectivity index (χ4v) is 2.48. The van der Waals surface area contributed by atoms with Crippen molar-refractivity contribution < 1.29 is 13.2 Å². The molecule has 1 aliphatic rings. The number of imidazole rings is 1. The van der Waals surface area contributed by atoms with E-state index in [1.807, 2.05) is 9.30 Å². The van der Waals surface area contributed by atoms with E-state index in [2.05, 4.69) is 9.97 Å². The molecule has 0 aromatic carbocycles. The van der Waals surface area contributed by atoms with Gasteiger partial charge in [-0.3, -0.25) is 0 Å². The van der Waals surface area contributed by atoms with Crippen molar-refractivity contribution in [2.75, 3.05) is 18.0 Å². The first kappa shape index (κ1) is 12.3. The molecule has 2 aromatic rings. The van der Waals surface area contributed by atoms with Gasteiger partial charge in [0.1, 0.15) is 0 Å². The SMILES string of the molecule is FC(F)(F)C1CCN(c2nccn3ccnc23)CC1. The van der Waals surface area contributed by atoms with E-state index in [0.29, 0.717) is 24.6 Å². The Labute approximate surface area is 107 Å². The Hall–Kier alpha value is -1.79. The van der Waals surface area contributed by atoms with Crippen molar-refractivity contribution in [2.24, 2.45) is 5.92 Å². The summed E-state index contributed by atoms with van der Waals surface area (Å²) in [5, 5.41) is 0. The monoisotopic (exact) mass is 270 g/mol. The van der Waals surface area contributed by atoms with Gasteiger partial charge >= 0.3 is 6.18 Å². The maximum atomic E-state index is 12.6. The van der Waals surface area contributed by atoms with Crippen molar-refractivity contribution in [3.8, 4) is 0 Å². The highest BCUT2D eigenvalue weighted by molar-refractivity contribution is 5.64. The molecule has 0 saturated carbocycles. The van der Waals surface area contributed by atoms with Crippen molar-refractivity contribution in [2.45, 2.75) is 19.0 Å². The van der Waals surface area contributed by atoms with Crippen LogP contribution in [0.25, 0.3) is 5.65 Å². The normalized spacial score (nSPS) is 18.2. The Morgan fingerprint density at radius 3 is 2.32 bits per heavy atom. The molecule has 0 atom stereocenters. The van der Waals surface area contributed by atoms with Gasteiger partial charge in [0.05, 0.1) is 5.92 Å². The zero-order valence-electron chi connectivity index (χ0n) is 10.1. The van der Waals surface area contributed by atoms with Crippen LogP contribution in [-0.4, -0.2) is 33.6 Å². The van der Waals surface area contributed by atoms with E-state index >= 15 is 0 Å². The summed E-state index contributed by atoms with van der Waals surface area (Å²) in [5.74, 6) is -0.531. The van der Waals surface area contributed by atoms with E-state index in [-0.39, 0.29) is 12.8 Å². The van der Waals surface area contributed by atoms with Gasteiger partial charge in [-0.2, -0.15) is 13.2 Å². The average molecular weight is 270 g/mol. The van der Waals surface area contributed by atoms with Crippen LogP contribution < -0.4 is 4.90 Å². The number of hydrogen-bond acceptors (Lipinski definition) is 3. The third-order valence-electron chi connectivity index (χ3n) is 3.55. The van der Waals surface area contributed by atoms with Crippen LogP contribution in [0, 0.1) is 5.92 Å². The van der Waals surface area contributed by atoms with E-state index in [4.69, 9.17) is 0 Å². The highest BCUT2D eigenvalue weighted by Gasteiger charge is 2.41. The van der Waals surface area contributed by atoms with Gasteiger partial charge in [0, 0.05) is 37.9 Å². The lowest BCUT2D eigenvalue weighted by Gasteiger charge is -2.33. The second kappa shape index (κ2) is 4.40. The van der Waals surface area contributed by atoms with Crippen LogP contribution in [0.2, 0.25) is 0 Å². The first-order valence-corrected chi connectivity index (χ1v) is 6.15. The standard InChI is InChI=1S/C12H13F3N4/c13-12(14,15)9-1-5-18(6-2-9)10-11-17-4-8-19(11)7-3-16-10/h3-4,7-9H,1-2,5-6H2. The van der Waals surface area contributed by atoms with Crippen LogP contribution in [0.15, 0.2) is 24.8 Å². The molecular formula is C12H13F3N4. The molecule has 1 aliphatic heterocycles. The highest BCUT2D eigenvalue weighted by Crippen LogP contribution is 2.35. The summed E-state index contributed by atoms with van der Waals surface area (Å²) in [6, 6.07) is 0. The van der Waals surface area contributed by atoms with E-state index in [9.17, 15) is 13.2 Å². The summed E-state index contributed by atoms with van der Waals surface area (Å²) in [5.41, 5.74) is 0.688. The molecule has 3 rings (SSSR count). The first-order chi connectivity index (χ1) is 9.05. The van der Waals surface area contributed by atoms with E-state index in [1.54, 1.807) is 24.8 Å². The number of nitrogens with zero attached hydrogens (tertiary/aromatic N) is 4. The van der Waals surface area contributed by atoms with E-state index < -0.39 is 12.1 Å². The van der Waals surface area contributed by atoms with Gasteiger partial charge in [-0.15, -0.1) is 0 Å². The third-order valence-corrected chi connectivity index (χ3v) is 3.55. The minimum Gasteiger partial charge on any atom is -0.353 e. The minimum absolute atomic E-state index is 0.118. The summed E-state index contributed by atoms with van der Waals surface area (Å²) in [7, 11) is 0. The molecular weight excluding hydrogens is 257 g/mol. The van der Waals surface area contributed by atoms with E-state index in [0.717, 1.165) is 0 Å². The zero-order chi connectivity index (χ0) is 13.5. The molecule has 102 valence electrons. The molecule has 19 heavy (non-hydrogen) atoms. The fraction of sp³-hybridized carbons (Fsp3) is 0.500. The lowest BCUT2D eigenvalue weighted by molar-refractivity contribution is -0.179. The van der Waals surface area contributed by atoms with Gasteiger partial charge in [-0.1, -0.05) is 0 Å². The molecule has 1 saturated heterocycles. The number of anilines is 1. The maximum Gasteiger partial charge on any atom is 0.391 e. The molecule has 0 bridgehead atoms. The van der Waals surface area contributed by atoms with Gasteiger partial charge < -0.3 is 9.30 Å². The number of halogens is 3. The van der Waals surface area contributed by atoms with Crippen LogP contribution in [0.5, 0.6) is 0 Å². The third kappa shape index (κ3) is 2.24. The lowest BCUT2D eigenvalue weighted by Crippen LogP contribution is -2.39. The Balaban J connectivity index is 1.80. The van der Waals surface area contributed by atoms with Crippen LogP contribution >= 0.6 is 0 Å². The van der Waals surface area contributed by atoms with Gasteiger partial charge in [0.15, 0.2) is 11.5 Å². The lowest BCUT2D eigenvalue weighted by atomic mass is 9.96. The number of alkyl halides is 3. The number of fused-ring (bicyclic) bond motifs is 1. The maximum absolute atomic E-state index is 12.6. The van der Waals surface area contributed by atoms with Gasteiger partial charge in [0.25, 0.3) is 0 Å². The number of piperidine rings is 1. The molecule has 0 radical (unpaired) electrons. The Bertz CT molecular complexity index is 570. The molecule has 7 heteroatoms. The largest absolute Gasteiger partial charge is 0.391 e. The minimum atomic E-state index is -4.08. The molecule has 0 N–H and O–H groups in total. The second-order valence-corrected chi connectivity index (χ2v) is 4.71. The van der Waals surface area contributed by atoms with E-state index in [1.165, 1.54) is 0 Å². The van der Waals surface area contributed by atoms with Gasteiger partial charge in [-0.25, -0.2) is 9.97 Å². The van der Waals surface area contributed by atoms with Crippen molar-refractivity contribution in [1.82, 2.24) is 14.4 Å².